The molecule has 16 heavy (non-hydrogen) atoms. The minimum absolute atomic E-state index is 0.178. The monoisotopic (exact) mass is 235 g/mol. The van der Waals surface area contributed by atoms with E-state index >= 15 is 0 Å². The van der Waals surface area contributed by atoms with Gasteiger partial charge in [0.1, 0.15) is 0 Å². The highest BCUT2D eigenvalue weighted by molar-refractivity contribution is 7.81. The molecule has 0 aromatic carbocycles. The molecule has 1 aromatic heterocycles. The lowest BCUT2D eigenvalue weighted by Gasteiger charge is -2.05. The summed E-state index contributed by atoms with van der Waals surface area (Å²) < 4.78 is 1.77. The first-order chi connectivity index (χ1) is 7.66. The van der Waals surface area contributed by atoms with Gasteiger partial charge >= 0.3 is 0 Å². The number of hydrogen-bond acceptors (Lipinski definition) is 2. The predicted octanol–water partition coefficient (Wildman–Crippen LogP) is 1.82. The molecule has 0 aliphatic rings. The lowest BCUT2D eigenvalue weighted by molar-refractivity contribution is -0.577. The zero-order valence-corrected chi connectivity index (χ0v) is 10.00. The molecule has 0 unspecified atom stereocenters. The highest BCUT2D eigenvalue weighted by Gasteiger charge is 2.18. The summed E-state index contributed by atoms with van der Waals surface area (Å²) in [6.07, 6.45) is 5.38. The summed E-state index contributed by atoms with van der Waals surface area (Å²) in [6.45, 7) is 5.78. The zero-order valence-electron chi connectivity index (χ0n) is 9.18. The van der Waals surface area contributed by atoms with E-state index in [-0.39, 0.29) is 5.76 Å². The van der Waals surface area contributed by atoms with Crippen LogP contribution in [0.5, 0.6) is 0 Å². The van der Waals surface area contributed by atoms with Crippen molar-refractivity contribution in [2.45, 2.75) is 6.92 Å². The number of rotatable bonds is 4. The van der Waals surface area contributed by atoms with E-state index in [0.29, 0.717) is 17.2 Å². The SMILES string of the molecule is C=CCNC(=S)/C(=C(\C)O)[n+]1ccccc1. The Hall–Kier alpha value is -1.68. The van der Waals surface area contributed by atoms with Crippen molar-refractivity contribution in [2.75, 3.05) is 6.54 Å². The minimum atomic E-state index is 0.178. The van der Waals surface area contributed by atoms with E-state index in [1.807, 2.05) is 30.6 Å². The predicted molar refractivity (Wildman–Crippen MR) is 69.0 cm³/mol. The lowest BCUT2D eigenvalue weighted by atomic mass is 10.3. The molecule has 0 atom stereocenters. The van der Waals surface area contributed by atoms with E-state index in [1.54, 1.807) is 17.6 Å². The van der Waals surface area contributed by atoms with Crippen molar-refractivity contribution in [1.82, 2.24) is 5.32 Å². The van der Waals surface area contributed by atoms with E-state index < -0.39 is 0 Å². The van der Waals surface area contributed by atoms with Crippen molar-refractivity contribution in [3.05, 3.63) is 49.0 Å². The molecule has 0 spiro atoms. The summed E-state index contributed by atoms with van der Waals surface area (Å²) in [6, 6.07) is 5.65. The maximum absolute atomic E-state index is 9.64. The van der Waals surface area contributed by atoms with E-state index in [4.69, 9.17) is 12.2 Å². The number of aliphatic hydroxyl groups excluding tert-OH is 1. The summed E-state index contributed by atoms with van der Waals surface area (Å²) in [5.41, 5.74) is 0.581. The molecule has 0 radical (unpaired) electrons. The van der Waals surface area contributed by atoms with Gasteiger partial charge in [0.2, 0.25) is 0 Å². The van der Waals surface area contributed by atoms with Gasteiger partial charge in [0.25, 0.3) is 5.70 Å². The number of pyridine rings is 1. The Labute approximate surface area is 101 Å². The number of nitrogens with one attached hydrogen (secondary N) is 1. The van der Waals surface area contributed by atoms with Gasteiger partial charge in [-0.2, -0.15) is 4.57 Å². The van der Waals surface area contributed by atoms with Crippen LogP contribution in [-0.2, 0) is 0 Å². The molecule has 0 amide bonds. The van der Waals surface area contributed by atoms with Gasteiger partial charge in [0.15, 0.2) is 23.1 Å². The van der Waals surface area contributed by atoms with Gasteiger partial charge in [0.05, 0.1) is 0 Å². The van der Waals surface area contributed by atoms with E-state index in [9.17, 15) is 5.11 Å². The van der Waals surface area contributed by atoms with Gasteiger partial charge in [0, 0.05) is 18.7 Å². The molecule has 84 valence electrons. The molecular weight excluding hydrogens is 220 g/mol. The summed E-state index contributed by atoms with van der Waals surface area (Å²) in [4.78, 5) is 0.496. The van der Waals surface area contributed by atoms with Crippen molar-refractivity contribution in [2.24, 2.45) is 0 Å². The van der Waals surface area contributed by atoms with Crippen molar-refractivity contribution >= 4 is 22.9 Å². The third kappa shape index (κ3) is 3.17. The molecule has 2 N–H and O–H groups in total. The molecule has 3 nitrogen and oxygen atoms in total. The molecule has 0 bridgehead atoms. The fourth-order valence-electron chi connectivity index (χ4n) is 1.26. The Balaban J connectivity index is 2.99. The van der Waals surface area contributed by atoms with Crippen LogP contribution >= 0.6 is 12.2 Å². The summed E-state index contributed by atoms with van der Waals surface area (Å²) >= 11 is 5.20. The lowest BCUT2D eigenvalue weighted by Crippen LogP contribution is -2.40. The first kappa shape index (κ1) is 12.4. The van der Waals surface area contributed by atoms with Crippen LogP contribution in [0.25, 0.3) is 5.70 Å². The average molecular weight is 235 g/mol. The quantitative estimate of drug-likeness (QED) is 0.275. The fraction of sp³-hybridized carbons (Fsp3) is 0.167. The standard InChI is InChI=1S/C12H14N2OS/c1-3-7-13-12(16)11(10(2)15)14-8-5-4-6-9-14/h3-6,8-9H,1,7H2,2H3,(H-,13,15,16)/p+1. The second-order valence-electron chi connectivity index (χ2n) is 3.22. The van der Waals surface area contributed by atoms with Crippen molar-refractivity contribution in [3.8, 4) is 0 Å². The van der Waals surface area contributed by atoms with Crippen molar-refractivity contribution < 1.29 is 9.67 Å². The van der Waals surface area contributed by atoms with Crippen LogP contribution in [0.2, 0.25) is 0 Å². The zero-order chi connectivity index (χ0) is 12.0. The van der Waals surface area contributed by atoms with E-state index in [1.165, 1.54) is 0 Å². The molecule has 0 fully saturated rings. The fourth-order valence-corrected chi connectivity index (χ4v) is 1.60. The largest absolute Gasteiger partial charge is 0.506 e. The average Bonchev–Trinajstić information content (AvgIpc) is 2.27. The highest BCUT2D eigenvalue weighted by Crippen LogP contribution is 2.02. The second kappa shape index (κ2) is 6.02. The number of allylic oxidation sites excluding steroid dienone is 1. The number of nitrogens with zero attached hydrogens (tertiary/aromatic N) is 1. The van der Waals surface area contributed by atoms with Crippen LogP contribution in [0.3, 0.4) is 0 Å². The third-order valence-electron chi connectivity index (χ3n) is 1.94. The molecule has 0 aliphatic heterocycles. The van der Waals surface area contributed by atoms with Crippen LogP contribution < -0.4 is 9.88 Å². The molecule has 1 heterocycles. The van der Waals surface area contributed by atoms with E-state index in [0.717, 1.165) is 0 Å². The van der Waals surface area contributed by atoms with E-state index in [2.05, 4.69) is 11.9 Å². The van der Waals surface area contributed by atoms with Gasteiger partial charge < -0.3 is 10.4 Å². The maximum atomic E-state index is 9.64. The third-order valence-corrected chi connectivity index (χ3v) is 2.28. The number of aliphatic hydroxyl groups is 1. The van der Waals surface area contributed by atoms with Crippen LogP contribution in [0.15, 0.2) is 49.0 Å². The van der Waals surface area contributed by atoms with Gasteiger partial charge in [-0.05, 0) is 6.92 Å². The molecule has 4 heteroatoms. The Morgan fingerprint density at radius 2 is 2.06 bits per heavy atom. The Bertz CT molecular complexity index is 408. The summed E-state index contributed by atoms with van der Waals surface area (Å²) in [5, 5.41) is 12.6. The molecule has 0 saturated heterocycles. The van der Waals surface area contributed by atoms with Gasteiger partial charge in [-0.15, -0.1) is 6.58 Å². The molecule has 0 aliphatic carbocycles. The first-order valence-corrected chi connectivity index (χ1v) is 5.33. The topological polar surface area (TPSA) is 36.1 Å². The van der Waals surface area contributed by atoms with Crippen molar-refractivity contribution in [3.63, 3.8) is 0 Å². The van der Waals surface area contributed by atoms with Crippen molar-refractivity contribution in [1.29, 1.82) is 0 Å². The maximum Gasteiger partial charge on any atom is 0.282 e. The van der Waals surface area contributed by atoms with Crippen LogP contribution in [0, 0.1) is 0 Å². The molecular formula is C12H15N2OS+. The second-order valence-corrected chi connectivity index (χ2v) is 3.62. The highest BCUT2D eigenvalue weighted by atomic mass is 32.1. The van der Waals surface area contributed by atoms with Gasteiger partial charge in [-0.1, -0.05) is 24.4 Å². The molecule has 0 saturated carbocycles. The van der Waals surface area contributed by atoms with Crippen LogP contribution in [-0.4, -0.2) is 16.6 Å². The first-order valence-electron chi connectivity index (χ1n) is 4.92. The number of aromatic nitrogens is 1. The van der Waals surface area contributed by atoms with Crippen LogP contribution in [0.4, 0.5) is 0 Å². The normalized spacial score (nSPS) is 11.6. The number of hydrogen-bond donors (Lipinski definition) is 2. The van der Waals surface area contributed by atoms with Gasteiger partial charge in [-0.3, -0.25) is 0 Å². The molecule has 1 rings (SSSR count). The molecule has 1 aromatic rings. The van der Waals surface area contributed by atoms with Crippen LogP contribution in [0.1, 0.15) is 6.92 Å². The smallest absolute Gasteiger partial charge is 0.282 e. The number of thiocarbonyl (C=S) groups is 1. The van der Waals surface area contributed by atoms with Gasteiger partial charge in [-0.25, -0.2) is 0 Å². The Morgan fingerprint density at radius 3 is 2.56 bits per heavy atom. The summed E-state index contributed by atoms with van der Waals surface area (Å²) in [7, 11) is 0. The summed E-state index contributed by atoms with van der Waals surface area (Å²) in [5.74, 6) is 0.178. The minimum Gasteiger partial charge on any atom is -0.506 e. The Kier molecular flexibility index (Phi) is 4.66. The Morgan fingerprint density at radius 1 is 1.44 bits per heavy atom.